The van der Waals surface area contributed by atoms with Gasteiger partial charge in [-0.25, -0.2) is 20.0 Å². The Balaban J connectivity index is 0.000000822. The third-order valence-corrected chi connectivity index (χ3v) is 4.67. The fraction of sp³-hybridized carbons (Fsp3) is 0.522. The molecule has 0 aliphatic carbocycles. The van der Waals surface area contributed by atoms with E-state index >= 15 is 0 Å². The molecule has 3 N–H and O–H groups in total. The topological polar surface area (TPSA) is 125 Å². The molecule has 0 aliphatic rings. The van der Waals surface area contributed by atoms with Crippen LogP contribution in [0.25, 0.3) is 0 Å². The molecule has 35 heavy (non-hydrogen) atoms. The Morgan fingerprint density at radius 1 is 1.11 bits per heavy atom. The second-order valence-electron chi connectivity index (χ2n) is 7.98. The number of aliphatic imine (C=N–C) groups is 2. The maximum absolute atomic E-state index is 12.3. The average molecular weight is 571 g/mol. The summed E-state index contributed by atoms with van der Waals surface area (Å²) >= 11 is 3.18. The molecule has 2 rings (SSSR count). The molecular weight excluding hydrogens is 534 g/mol. The van der Waals surface area contributed by atoms with Gasteiger partial charge in [0.15, 0.2) is 11.5 Å². The van der Waals surface area contributed by atoms with Gasteiger partial charge in [-0.05, 0) is 95.0 Å². The number of hydrogen-bond acceptors (Lipinski definition) is 9. The predicted molar refractivity (Wildman–Crippen MR) is 149 cm³/mol. The first kappa shape index (κ1) is 32.6. The first-order valence-corrected chi connectivity index (χ1v) is 11.9. The molecule has 10 nitrogen and oxygen atoms in total. The maximum Gasteiger partial charge on any atom is 0.278 e. The summed E-state index contributed by atoms with van der Waals surface area (Å²) in [5.41, 5.74) is 7.45. The zero-order valence-electron chi connectivity index (χ0n) is 21.2. The Bertz CT molecular complexity index is 950. The second-order valence-corrected chi connectivity index (χ2v) is 8.79. The molecule has 0 spiro atoms. The van der Waals surface area contributed by atoms with Crippen LogP contribution in [0.1, 0.15) is 35.8 Å². The number of aromatic nitrogens is 3. The van der Waals surface area contributed by atoms with E-state index in [1.807, 2.05) is 27.1 Å². The number of halogens is 2. The number of amides is 1. The summed E-state index contributed by atoms with van der Waals surface area (Å²) in [5.74, 6) is -0.329. The lowest BCUT2D eigenvalue weighted by molar-refractivity contribution is 0.102. The van der Waals surface area contributed by atoms with Crippen LogP contribution in [0.4, 0.5) is 11.5 Å². The van der Waals surface area contributed by atoms with Gasteiger partial charge in [0.2, 0.25) is 0 Å². The number of anilines is 2. The number of nitrogen functional groups attached to an aromatic ring is 1. The van der Waals surface area contributed by atoms with Crippen LogP contribution in [0.15, 0.2) is 39.2 Å². The smallest absolute Gasteiger partial charge is 0.278 e. The van der Waals surface area contributed by atoms with Crippen LogP contribution in [-0.4, -0.2) is 91.0 Å². The molecular formula is C23H37BrClN9O. The largest absolute Gasteiger partial charge is 0.382 e. The van der Waals surface area contributed by atoms with E-state index in [0.717, 1.165) is 51.0 Å². The second kappa shape index (κ2) is 18.8. The van der Waals surface area contributed by atoms with E-state index in [2.05, 4.69) is 76.1 Å². The van der Waals surface area contributed by atoms with Gasteiger partial charge in [0.1, 0.15) is 4.60 Å². The minimum atomic E-state index is -0.413. The molecule has 0 bridgehead atoms. The van der Waals surface area contributed by atoms with Crippen LogP contribution < -0.4 is 11.1 Å². The highest BCUT2D eigenvalue weighted by molar-refractivity contribution is 9.10. The van der Waals surface area contributed by atoms with Crippen molar-refractivity contribution in [3.8, 4) is 0 Å². The molecule has 2 heterocycles. The van der Waals surface area contributed by atoms with Crippen LogP contribution in [0.3, 0.4) is 0 Å². The molecule has 0 radical (unpaired) electrons. The minimum absolute atomic E-state index is 0. The van der Waals surface area contributed by atoms with Gasteiger partial charge in [-0.3, -0.25) is 9.78 Å². The van der Waals surface area contributed by atoms with Crippen molar-refractivity contribution in [3.05, 3.63) is 40.5 Å². The summed E-state index contributed by atoms with van der Waals surface area (Å²) in [5, 5.41) is 2.75. The van der Waals surface area contributed by atoms with E-state index in [1.54, 1.807) is 12.4 Å². The molecule has 2 aromatic rings. The lowest BCUT2D eigenvalue weighted by Gasteiger charge is -2.10. The Kier molecular flexibility index (Phi) is 17.5. The Hall–Kier alpha value is -2.43. The lowest BCUT2D eigenvalue weighted by atomic mass is 10.1. The number of hydrogen-bond donors (Lipinski definition) is 2. The SMILES string of the molecule is CCN=C=NCCCN(C)C.CN(C)CCCc1cncc(NC(=O)c2nc(Br)cnc2N)c1.Cl. The number of nitrogens with zero attached hydrogens (tertiary/aromatic N) is 7. The van der Waals surface area contributed by atoms with Crippen LogP contribution in [0.2, 0.25) is 0 Å². The van der Waals surface area contributed by atoms with Gasteiger partial charge in [0, 0.05) is 12.7 Å². The normalized spacial score (nSPS) is 10.1. The van der Waals surface area contributed by atoms with Crippen molar-refractivity contribution in [3.63, 3.8) is 0 Å². The third kappa shape index (κ3) is 15.2. The summed E-state index contributed by atoms with van der Waals surface area (Å²) < 4.78 is 0.451. The number of pyridine rings is 1. The van der Waals surface area contributed by atoms with Gasteiger partial charge in [0.25, 0.3) is 5.91 Å². The number of rotatable bonds is 11. The van der Waals surface area contributed by atoms with Gasteiger partial charge in [0.05, 0.1) is 30.6 Å². The van der Waals surface area contributed by atoms with Crippen molar-refractivity contribution in [1.82, 2.24) is 24.8 Å². The van der Waals surface area contributed by atoms with Crippen LogP contribution in [0, 0.1) is 0 Å². The van der Waals surface area contributed by atoms with E-state index in [1.165, 1.54) is 6.20 Å². The van der Waals surface area contributed by atoms with Crippen molar-refractivity contribution >= 4 is 51.8 Å². The average Bonchev–Trinajstić information content (AvgIpc) is 2.78. The summed E-state index contributed by atoms with van der Waals surface area (Å²) in [7, 11) is 8.20. The summed E-state index contributed by atoms with van der Waals surface area (Å²) in [4.78, 5) is 36.5. The van der Waals surface area contributed by atoms with Crippen molar-refractivity contribution < 1.29 is 4.79 Å². The Morgan fingerprint density at radius 3 is 2.46 bits per heavy atom. The fourth-order valence-corrected chi connectivity index (χ4v) is 2.94. The van der Waals surface area contributed by atoms with Crippen LogP contribution in [0.5, 0.6) is 0 Å². The molecule has 0 saturated carbocycles. The van der Waals surface area contributed by atoms with Gasteiger partial charge < -0.3 is 20.9 Å². The molecule has 1 amide bonds. The summed E-state index contributed by atoms with van der Waals surface area (Å²) in [6.07, 6.45) is 7.84. The molecule has 0 atom stereocenters. The first-order valence-electron chi connectivity index (χ1n) is 11.1. The predicted octanol–water partition coefficient (Wildman–Crippen LogP) is 3.52. The molecule has 2 aromatic heterocycles. The van der Waals surface area contributed by atoms with E-state index < -0.39 is 5.91 Å². The van der Waals surface area contributed by atoms with E-state index in [0.29, 0.717) is 10.3 Å². The van der Waals surface area contributed by atoms with E-state index in [9.17, 15) is 4.79 Å². The molecule has 0 aliphatic heterocycles. The molecule has 0 aromatic carbocycles. The van der Waals surface area contributed by atoms with Crippen molar-refractivity contribution in [1.29, 1.82) is 0 Å². The van der Waals surface area contributed by atoms with E-state index in [-0.39, 0.29) is 23.9 Å². The Labute approximate surface area is 223 Å². The van der Waals surface area contributed by atoms with E-state index in [4.69, 9.17) is 5.73 Å². The van der Waals surface area contributed by atoms with Gasteiger partial charge in [-0.2, -0.15) is 0 Å². The third-order valence-electron chi connectivity index (χ3n) is 4.28. The fourth-order valence-electron chi connectivity index (χ4n) is 2.66. The number of aryl methyl sites for hydroxylation is 1. The molecule has 0 saturated heterocycles. The number of nitrogens with one attached hydrogen (secondary N) is 1. The van der Waals surface area contributed by atoms with Gasteiger partial charge in [-0.15, -0.1) is 12.4 Å². The Morgan fingerprint density at radius 2 is 1.80 bits per heavy atom. The van der Waals surface area contributed by atoms with Gasteiger partial charge >= 0.3 is 0 Å². The lowest BCUT2D eigenvalue weighted by Crippen LogP contribution is -2.17. The monoisotopic (exact) mass is 569 g/mol. The van der Waals surface area contributed by atoms with Crippen molar-refractivity contribution in [2.45, 2.75) is 26.2 Å². The number of carbonyl (C=O) groups is 1. The highest BCUT2D eigenvalue weighted by Gasteiger charge is 2.14. The first-order chi connectivity index (χ1) is 16.2. The maximum atomic E-state index is 12.3. The molecule has 12 heteroatoms. The molecule has 194 valence electrons. The highest BCUT2D eigenvalue weighted by Crippen LogP contribution is 2.15. The van der Waals surface area contributed by atoms with Crippen LogP contribution in [-0.2, 0) is 6.42 Å². The van der Waals surface area contributed by atoms with Crippen LogP contribution >= 0.6 is 28.3 Å². The quantitative estimate of drug-likeness (QED) is 0.313. The molecule has 0 unspecified atom stereocenters. The van der Waals surface area contributed by atoms with Crippen molar-refractivity contribution in [2.75, 3.05) is 65.4 Å². The number of nitrogens with two attached hydrogens (primary N) is 1. The zero-order chi connectivity index (χ0) is 25.3. The zero-order valence-corrected chi connectivity index (χ0v) is 23.6. The number of carbonyl (C=O) groups excluding carboxylic acids is 1. The van der Waals surface area contributed by atoms with Gasteiger partial charge in [-0.1, -0.05) is 0 Å². The van der Waals surface area contributed by atoms with Crippen molar-refractivity contribution in [2.24, 2.45) is 9.98 Å². The minimum Gasteiger partial charge on any atom is -0.382 e. The summed E-state index contributed by atoms with van der Waals surface area (Å²) in [6, 6.07) is 4.55. The molecule has 0 fully saturated rings. The standard InChI is InChI=1S/C15H19BrN6O.C8H17N3.ClH/c1-22(2)5-3-4-10-6-11(8-18-7-10)20-15(23)13-14(17)19-9-12(16)21-13;1-4-9-8-10-6-5-7-11(2)3;/h6-9H,3-5H2,1-2H3,(H2,17,19)(H,20,23);4-7H2,1-3H3;1H. The summed E-state index contributed by atoms with van der Waals surface area (Å²) in [6.45, 7) is 5.67. The highest BCUT2D eigenvalue weighted by atomic mass is 79.9.